The minimum atomic E-state index is 0.739. The zero-order valence-electron chi connectivity index (χ0n) is 9.13. The van der Waals surface area contributed by atoms with E-state index in [4.69, 9.17) is 4.74 Å². The Kier molecular flexibility index (Phi) is 1.78. The highest BCUT2D eigenvalue weighted by molar-refractivity contribution is 5.88. The van der Waals surface area contributed by atoms with Crippen LogP contribution in [0.2, 0.25) is 0 Å². The lowest BCUT2D eigenvalue weighted by Crippen LogP contribution is -2.09. The fraction of sp³-hybridized carbons (Fsp3) is 0.385. The van der Waals surface area contributed by atoms with Gasteiger partial charge in [-0.2, -0.15) is 0 Å². The Hall–Kier alpha value is -1.44. The maximum atomic E-state index is 5.31. The first-order valence-corrected chi connectivity index (χ1v) is 5.45. The largest absolute Gasteiger partial charge is 0.497 e. The van der Waals surface area contributed by atoms with Crippen LogP contribution in [0.3, 0.4) is 0 Å². The number of benzene rings is 1. The Morgan fingerprint density at radius 3 is 2.87 bits per heavy atom. The molecule has 1 heterocycles. The van der Waals surface area contributed by atoms with Crippen molar-refractivity contribution in [1.82, 2.24) is 4.98 Å². The average Bonchev–Trinajstić information content (AvgIpc) is 2.62. The van der Waals surface area contributed by atoms with Gasteiger partial charge in [0.1, 0.15) is 5.75 Å². The SMILES string of the molecule is COc1cc2c3c(c[nH]c3c1)CC(C)C2. The first-order chi connectivity index (χ1) is 7.28. The summed E-state index contributed by atoms with van der Waals surface area (Å²) >= 11 is 0. The number of hydrogen-bond acceptors (Lipinski definition) is 1. The third-order valence-electron chi connectivity index (χ3n) is 3.29. The van der Waals surface area contributed by atoms with Gasteiger partial charge in [-0.3, -0.25) is 0 Å². The van der Waals surface area contributed by atoms with Gasteiger partial charge in [-0.05, 0) is 36.0 Å². The van der Waals surface area contributed by atoms with Crippen molar-refractivity contribution in [2.24, 2.45) is 5.92 Å². The summed E-state index contributed by atoms with van der Waals surface area (Å²) in [7, 11) is 1.73. The third-order valence-corrected chi connectivity index (χ3v) is 3.29. The van der Waals surface area contributed by atoms with Gasteiger partial charge in [-0.25, -0.2) is 0 Å². The van der Waals surface area contributed by atoms with E-state index in [1.807, 2.05) is 0 Å². The van der Waals surface area contributed by atoms with Gasteiger partial charge in [0.05, 0.1) is 7.11 Å². The summed E-state index contributed by atoms with van der Waals surface area (Å²) in [6.07, 6.45) is 4.50. The van der Waals surface area contributed by atoms with E-state index >= 15 is 0 Å². The van der Waals surface area contributed by atoms with Gasteiger partial charge in [0.15, 0.2) is 0 Å². The maximum Gasteiger partial charge on any atom is 0.121 e. The van der Waals surface area contributed by atoms with Crippen molar-refractivity contribution in [2.45, 2.75) is 19.8 Å². The van der Waals surface area contributed by atoms with Crippen molar-refractivity contribution < 1.29 is 4.74 Å². The molecule has 1 aliphatic rings. The van der Waals surface area contributed by atoms with Crippen LogP contribution in [0, 0.1) is 5.92 Å². The smallest absolute Gasteiger partial charge is 0.121 e. The molecule has 2 heteroatoms. The summed E-state index contributed by atoms with van der Waals surface area (Å²) in [4.78, 5) is 3.34. The molecule has 1 aliphatic carbocycles. The number of H-pyrrole nitrogens is 1. The highest BCUT2D eigenvalue weighted by Gasteiger charge is 2.19. The van der Waals surface area contributed by atoms with Crippen LogP contribution in [-0.2, 0) is 12.8 Å². The lowest BCUT2D eigenvalue weighted by atomic mass is 9.86. The topological polar surface area (TPSA) is 25.0 Å². The molecule has 78 valence electrons. The predicted molar refractivity (Wildman–Crippen MR) is 61.4 cm³/mol. The Balaban J connectivity index is 2.30. The van der Waals surface area contributed by atoms with E-state index in [1.54, 1.807) is 7.11 Å². The quantitative estimate of drug-likeness (QED) is 0.754. The monoisotopic (exact) mass is 201 g/mol. The van der Waals surface area contributed by atoms with E-state index in [-0.39, 0.29) is 0 Å². The second kappa shape index (κ2) is 3.02. The Morgan fingerprint density at radius 2 is 2.07 bits per heavy atom. The molecule has 2 nitrogen and oxygen atoms in total. The zero-order valence-corrected chi connectivity index (χ0v) is 9.13. The standard InChI is InChI=1S/C13H15NO/c1-8-3-9-5-11(15-2)6-12-13(9)10(4-8)7-14-12/h5-8,14H,3-4H2,1-2H3. The molecule has 0 spiro atoms. The van der Waals surface area contributed by atoms with Gasteiger partial charge in [0.25, 0.3) is 0 Å². The summed E-state index contributed by atoms with van der Waals surface area (Å²) in [5, 5.41) is 1.42. The molecule has 1 N–H and O–H groups in total. The van der Waals surface area contributed by atoms with Crippen LogP contribution in [0.1, 0.15) is 18.1 Å². The third kappa shape index (κ3) is 1.24. The van der Waals surface area contributed by atoms with Gasteiger partial charge in [0, 0.05) is 23.2 Å². The fourth-order valence-corrected chi connectivity index (χ4v) is 2.67. The van der Waals surface area contributed by atoms with Gasteiger partial charge >= 0.3 is 0 Å². The van der Waals surface area contributed by atoms with E-state index in [0.29, 0.717) is 0 Å². The zero-order chi connectivity index (χ0) is 10.4. The molecule has 1 atom stereocenters. The normalized spacial score (nSPS) is 19.5. The van der Waals surface area contributed by atoms with Crippen molar-refractivity contribution in [3.8, 4) is 5.75 Å². The van der Waals surface area contributed by atoms with Crippen molar-refractivity contribution in [2.75, 3.05) is 7.11 Å². The lowest BCUT2D eigenvalue weighted by Gasteiger charge is -2.19. The van der Waals surface area contributed by atoms with Crippen molar-refractivity contribution in [1.29, 1.82) is 0 Å². The molecule has 0 saturated heterocycles. The molecule has 0 radical (unpaired) electrons. The van der Waals surface area contributed by atoms with Crippen LogP contribution in [0.4, 0.5) is 0 Å². The van der Waals surface area contributed by atoms with E-state index in [2.05, 4.69) is 30.2 Å². The molecular weight excluding hydrogens is 186 g/mol. The number of rotatable bonds is 1. The minimum absolute atomic E-state index is 0.739. The van der Waals surface area contributed by atoms with Crippen molar-refractivity contribution in [3.05, 3.63) is 29.5 Å². The second-order valence-electron chi connectivity index (χ2n) is 4.54. The highest BCUT2D eigenvalue weighted by Crippen LogP contribution is 2.34. The van der Waals surface area contributed by atoms with Crippen LogP contribution in [0.15, 0.2) is 18.3 Å². The van der Waals surface area contributed by atoms with Gasteiger partial charge in [-0.15, -0.1) is 0 Å². The van der Waals surface area contributed by atoms with Crippen molar-refractivity contribution >= 4 is 10.9 Å². The van der Waals surface area contributed by atoms with Crippen LogP contribution in [-0.4, -0.2) is 12.1 Å². The van der Waals surface area contributed by atoms with Crippen LogP contribution in [0.25, 0.3) is 10.9 Å². The average molecular weight is 201 g/mol. The molecule has 3 rings (SSSR count). The summed E-state index contributed by atoms with van der Waals surface area (Å²) in [5.41, 5.74) is 4.10. The number of hydrogen-bond donors (Lipinski definition) is 1. The first-order valence-electron chi connectivity index (χ1n) is 5.45. The number of methoxy groups -OCH3 is 1. The van der Waals surface area contributed by atoms with Gasteiger partial charge in [0.2, 0.25) is 0 Å². The lowest BCUT2D eigenvalue weighted by molar-refractivity contribution is 0.414. The molecule has 0 bridgehead atoms. The number of aromatic amines is 1. The van der Waals surface area contributed by atoms with Gasteiger partial charge < -0.3 is 9.72 Å². The Labute approximate surface area is 89.3 Å². The summed E-state index contributed by atoms with van der Waals surface area (Å²) in [6, 6.07) is 4.26. The van der Waals surface area contributed by atoms with Gasteiger partial charge in [-0.1, -0.05) is 6.92 Å². The molecule has 0 aliphatic heterocycles. The summed E-state index contributed by atoms with van der Waals surface area (Å²) < 4.78 is 5.31. The van der Waals surface area contributed by atoms with E-state index in [9.17, 15) is 0 Å². The molecule has 1 unspecified atom stereocenters. The summed E-state index contributed by atoms with van der Waals surface area (Å²) in [6.45, 7) is 2.31. The molecule has 2 aromatic rings. The first kappa shape index (κ1) is 8.84. The molecule has 0 saturated carbocycles. The number of aromatic nitrogens is 1. The Morgan fingerprint density at radius 1 is 1.27 bits per heavy atom. The molecule has 0 fully saturated rings. The molecular formula is C13H15NO. The molecule has 15 heavy (non-hydrogen) atoms. The fourth-order valence-electron chi connectivity index (χ4n) is 2.67. The van der Waals surface area contributed by atoms with Crippen LogP contribution >= 0.6 is 0 Å². The Bertz CT molecular complexity index is 512. The summed E-state index contributed by atoms with van der Waals surface area (Å²) in [5.74, 6) is 1.70. The van der Waals surface area contributed by atoms with E-state index in [1.165, 1.54) is 34.9 Å². The number of ether oxygens (including phenoxy) is 1. The van der Waals surface area contributed by atoms with Crippen molar-refractivity contribution in [3.63, 3.8) is 0 Å². The number of nitrogens with one attached hydrogen (secondary N) is 1. The molecule has 1 aromatic carbocycles. The predicted octanol–water partition coefficient (Wildman–Crippen LogP) is 2.91. The van der Waals surface area contributed by atoms with Crippen LogP contribution < -0.4 is 4.74 Å². The molecule has 0 amide bonds. The maximum absolute atomic E-state index is 5.31. The minimum Gasteiger partial charge on any atom is -0.497 e. The van der Waals surface area contributed by atoms with E-state index in [0.717, 1.165) is 11.7 Å². The van der Waals surface area contributed by atoms with Crippen LogP contribution in [0.5, 0.6) is 5.75 Å². The highest BCUT2D eigenvalue weighted by atomic mass is 16.5. The second-order valence-corrected chi connectivity index (χ2v) is 4.54. The molecule has 1 aromatic heterocycles. The van der Waals surface area contributed by atoms with E-state index < -0.39 is 0 Å².